The molecule has 0 fully saturated rings. The van der Waals surface area contributed by atoms with E-state index in [0.717, 1.165) is 5.69 Å². The van der Waals surface area contributed by atoms with E-state index in [1.54, 1.807) is 33.3 Å². The zero-order valence-corrected chi connectivity index (χ0v) is 16.1. The summed E-state index contributed by atoms with van der Waals surface area (Å²) in [6.45, 7) is 5.77. The molecule has 1 unspecified atom stereocenters. The molecule has 0 saturated heterocycles. The number of pyridine rings is 1. The van der Waals surface area contributed by atoms with Gasteiger partial charge in [-0.05, 0) is 45.6 Å². The Morgan fingerprint density at radius 2 is 2.15 bits per heavy atom. The topological polar surface area (TPSA) is 87.2 Å². The van der Waals surface area contributed by atoms with Crippen LogP contribution < -0.4 is 5.56 Å². The molecule has 3 rings (SSSR count). The second kappa shape index (κ2) is 7.37. The number of likely N-dealkylation sites (N-methyl/N-ethyl adjacent to an activating group) is 1. The number of aryl methyl sites for hydroxylation is 1. The lowest BCUT2D eigenvalue weighted by atomic mass is 10.1. The Bertz CT molecular complexity index is 966. The third-order valence-electron chi connectivity index (χ3n) is 4.85. The molecular formula is C19H24N6O2. The van der Waals surface area contributed by atoms with Crippen LogP contribution in [0.4, 0.5) is 0 Å². The number of rotatable bonds is 4. The van der Waals surface area contributed by atoms with Crippen molar-refractivity contribution in [3.8, 4) is 6.07 Å². The van der Waals surface area contributed by atoms with E-state index in [4.69, 9.17) is 5.26 Å². The van der Waals surface area contributed by atoms with E-state index in [-0.39, 0.29) is 23.1 Å². The highest BCUT2D eigenvalue weighted by molar-refractivity contribution is 5.95. The second-order valence-corrected chi connectivity index (χ2v) is 7.28. The zero-order valence-electron chi connectivity index (χ0n) is 16.1. The SMILES string of the molecule is Cc1ccn(C(C)CN(C)C)c(=O)c1C(=O)N1CCn2nc(C#N)cc2C1. The molecule has 27 heavy (non-hydrogen) atoms. The third kappa shape index (κ3) is 3.64. The first-order valence-corrected chi connectivity index (χ1v) is 8.94. The molecule has 0 N–H and O–H groups in total. The minimum absolute atomic E-state index is 0.0411. The first-order valence-electron chi connectivity index (χ1n) is 8.94. The van der Waals surface area contributed by atoms with Gasteiger partial charge in [-0.3, -0.25) is 14.3 Å². The van der Waals surface area contributed by atoms with E-state index in [0.29, 0.717) is 37.4 Å². The normalized spacial score (nSPS) is 14.7. The highest BCUT2D eigenvalue weighted by atomic mass is 16.2. The van der Waals surface area contributed by atoms with Crippen molar-refractivity contribution < 1.29 is 4.79 Å². The predicted octanol–water partition coefficient (Wildman–Crippen LogP) is 1.00. The maximum Gasteiger partial charge on any atom is 0.263 e. The highest BCUT2D eigenvalue weighted by Gasteiger charge is 2.27. The first-order chi connectivity index (χ1) is 12.8. The van der Waals surface area contributed by atoms with Crippen LogP contribution in [0.15, 0.2) is 23.1 Å². The summed E-state index contributed by atoms with van der Waals surface area (Å²) in [7, 11) is 3.91. The van der Waals surface area contributed by atoms with Gasteiger partial charge in [0.1, 0.15) is 11.6 Å². The fraction of sp³-hybridized carbons (Fsp3) is 0.474. The van der Waals surface area contributed by atoms with Gasteiger partial charge >= 0.3 is 0 Å². The van der Waals surface area contributed by atoms with Crippen LogP contribution in [0.5, 0.6) is 0 Å². The number of fused-ring (bicyclic) bond motifs is 1. The van der Waals surface area contributed by atoms with Crippen LogP contribution in [-0.4, -0.2) is 57.2 Å². The van der Waals surface area contributed by atoms with Gasteiger partial charge in [0.25, 0.3) is 11.5 Å². The molecule has 0 saturated carbocycles. The maximum absolute atomic E-state index is 13.1. The van der Waals surface area contributed by atoms with Crippen LogP contribution in [0.25, 0.3) is 0 Å². The van der Waals surface area contributed by atoms with E-state index in [9.17, 15) is 9.59 Å². The lowest BCUT2D eigenvalue weighted by Crippen LogP contribution is -2.42. The number of hydrogen-bond acceptors (Lipinski definition) is 5. The summed E-state index contributed by atoms with van der Waals surface area (Å²) in [6, 6.07) is 5.49. The molecule has 2 aromatic heterocycles. The number of carbonyl (C=O) groups is 1. The van der Waals surface area contributed by atoms with Crippen LogP contribution >= 0.6 is 0 Å². The largest absolute Gasteiger partial charge is 0.331 e. The van der Waals surface area contributed by atoms with Crippen molar-refractivity contribution in [2.24, 2.45) is 0 Å². The van der Waals surface area contributed by atoms with Crippen molar-refractivity contribution in [2.75, 3.05) is 27.2 Å². The van der Waals surface area contributed by atoms with E-state index in [2.05, 4.69) is 5.10 Å². The number of carbonyl (C=O) groups excluding carboxylic acids is 1. The van der Waals surface area contributed by atoms with Gasteiger partial charge in [-0.15, -0.1) is 0 Å². The molecule has 0 radical (unpaired) electrons. The molecule has 0 spiro atoms. The lowest BCUT2D eigenvalue weighted by Gasteiger charge is -2.28. The summed E-state index contributed by atoms with van der Waals surface area (Å²) in [4.78, 5) is 29.8. The van der Waals surface area contributed by atoms with Crippen LogP contribution in [0.3, 0.4) is 0 Å². The van der Waals surface area contributed by atoms with Gasteiger partial charge in [-0.1, -0.05) is 0 Å². The molecule has 8 heteroatoms. The van der Waals surface area contributed by atoms with Crippen molar-refractivity contribution in [3.05, 3.63) is 51.2 Å². The lowest BCUT2D eigenvalue weighted by molar-refractivity contribution is 0.0702. The highest BCUT2D eigenvalue weighted by Crippen LogP contribution is 2.17. The summed E-state index contributed by atoms with van der Waals surface area (Å²) in [6.07, 6.45) is 1.76. The average Bonchev–Trinajstić information content (AvgIpc) is 3.03. The summed E-state index contributed by atoms with van der Waals surface area (Å²) in [5.41, 5.74) is 1.79. The van der Waals surface area contributed by atoms with Gasteiger partial charge in [-0.25, -0.2) is 0 Å². The molecule has 0 aromatic carbocycles. The predicted molar refractivity (Wildman–Crippen MR) is 100 cm³/mol. The van der Waals surface area contributed by atoms with Gasteiger partial charge < -0.3 is 14.4 Å². The standard InChI is InChI=1S/C19H24N6O2/c1-13-5-6-24(14(2)11-22(3)4)19(27)17(13)18(26)23-7-8-25-16(12-23)9-15(10-20)21-25/h5-6,9,14H,7-8,11-12H2,1-4H3. The monoisotopic (exact) mass is 368 g/mol. The molecule has 142 valence electrons. The molecule has 0 aliphatic carbocycles. The van der Waals surface area contributed by atoms with E-state index < -0.39 is 0 Å². The van der Waals surface area contributed by atoms with Crippen molar-refractivity contribution >= 4 is 5.91 Å². The zero-order chi connectivity index (χ0) is 19.7. The molecule has 3 heterocycles. The Morgan fingerprint density at radius 1 is 1.41 bits per heavy atom. The second-order valence-electron chi connectivity index (χ2n) is 7.28. The molecule has 1 atom stereocenters. The van der Waals surface area contributed by atoms with E-state index in [1.807, 2.05) is 38.1 Å². The van der Waals surface area contributed by atoms with E-state index in [1.165, 1.54) is 0 Å². The molecule has 2 aromatic rings. The van der Waals surface area contributed by atoms with Crippen LogP contribution in [0.2, 0.25) is 0 Å². The van der Waals surface area contributed by atoms with Crippen molar-refractivity contribution in [3.63, 3.8) is 0 Å². The number of amides is 1. The molecule has 0 bridgehead atoms. The minimum Gasteiger partial charge on any atom is -0.331 e. The summed E-state index contributed by atoms with van der Waals surface area (Å²) in [5, 5.41) is 13.2. The molecule has 1 amide bonds. The number of hydrogen-bond donors (Lipinski definition) is 0. The van der Waals surface area contributed by atoms with Crippen molar-refractivity contribution in [1.82, 2.24) is 24.1 Å². The summed E-state index contributed by atoms with van der Waals surface area (Å²) < 4.78 is 3.37. The minimum atomic E-state index is -0.269. The van der Waals surface area contributed by atoms with Crippen LogP contribution in [-0.2, 0) is 13.1 Å². The Hall–Kier alpha value is -2.92. The summed E-state index contributed by atoms with van der Waals surface area (Å²) >= 11 is 0. The number of nitrogens with zero attached hydrogens (tertiary/aromatic N) is 6. The van der Waals surface area contributed by atoms with Crippen molar-refractivity contribution in [2.45, 2.75) is 33.0 Å². The van der Waals surface area contributed by atoms with Gasteiger partial charge in [0.15, 0.2) is 5.69 Å². The first kappa shape index (κ1) is 18.9. The van der Waals surface area contributed by atoms with Gasteiger partial charge in [-0.2, -0.15) is 10.4 Å². The number of aromatic nitrogens is 3. The Kier molecular flexibility index (Phi) is 5.15. The van der Waals surface area contributed by atoms with E-state index >= 15 is 0 Å². The Labute approximate surface area is 158 Å². The number of nitriles is 1. The summed E-state index contributed by atoms with van der Waals surface area (Å²) in [5.74, 6) is -0.269. The quantitative estimate of drug-likeness (QED) is 0.804. The third-order valence-corrected chi connectivity index (χ3v) is 4.85. The molecule has 8 nitrogen and oxygen atoms in total. The Balaban J connectivity index is 1.91. The van der Waals surface area contributed by atoms with Crippen LogP contribution in [0.1, 0.15) is 40.3 Å². The molecule has 1 aliphatic heterocycles. The Morgan fingerprint density at radius 3 is 2.81 bits per heavy atom. The van der Waals surface area contributed by atoms with Gasteiger partial charge in [0.05, 0.1) is 18.8 Å². The smallest absolute Gasteiger partial charge is 0.263 e. The van der Waals surface area contributed by atoms with Crippen LogP contribution in [0, 0.1) is 18.3 Å². The molecular weight excluding hydrogens is 344 g/mol. The van der Waals surface area contributed by atoms with Crippen molar-refractivity contribution in [1.29, 1.82) is 5.26 Å². The maximum atomic E-state index is 13.1. The van der Waals surface area contributed by atoms with Gasteiger partial charge in [0.2, 0.25) is 0 Å². The average molecular weight is 368 g/mol. The molecule has 1 aliphatic rings. The fourth-order valence-electron chi connectivity index (χ4n) is 3.52. The van der Waals surface area contributed by atoms with Gasteiger partial charge in [0, 0.05) is 25.3 Å². The fourth-order valence-corrected chi connectivity index (χ4v) is 3.52.